The topological polar surface area (TPSA) is 120 Å². The molecule has 8 nitrogen and oxygen atoms in total. The van der Waals surface area contributed by atoms with Crippen LogP contribution in [-0.2, 0) is 0 Å². The van der Waals surface area contributed by atoms with Gasteiger partial charge in [-0.2, -0.15) is 5.10 Å². The normalized spacial score (nSPS) is 17.7. The van der Waals surface area contributed by atoms with Crippen LogP contribution in [0, 0.1) is 0 Å². The molecule has 0 aliphatic carbocycles. The van der Waals surface area contributed by atoms with Gasteiger partial charge in [-0.25, -0.2) is 4.98 Å². The van der Waals surface area contributed by atoms with Gasteiger partial charge >= 0.3 is 0 Å². The van der Waals surface area contributed by atoms with E-state index in [0.717, 1.165) is 11.3 Å². The number of aromatic nitrogens is 3. The molecule has 3 heterocycles. The van der Waals surface area contributed by atoms with Gasteiger partial charge in [0.2, 0.25) is 0 Å². The molecule has 0 aromatic carbocycles. The first-order valence-corrected chi connectivity index (χ1v) is 7.05. The molecule has 1 aliphatic rings. The number of carbonyl (C=O) groups excluding carboxylic acids is 1. The fourth-order valence-electron chi connectivity index (χ4n) is 2.66. The number of rotatable bonds is 4. The van der Waals surface area contributed by atoms with Crippen molar-refractivity contribution in [2.24, 2.45) is 5.73 Å². The fourth-order valence-corrected chi connectivity index (χ4v) is 2.66. The summed E-state index contributed by atoms with van der Waals surface area (Å²) in [6.07, 6.45) is 1.95. The maximum atomic E-state index is 11.6. The van der Waals surface area contributed by atoms with Crippen molar-refractivity contribution in [3.8, 4) is 11.3 Å². The molecule has 0 spiro atoms. The van der Waals surface area contributed by atoms with E-state index in [1.165, 1.54) is 0 Å². The Morgan fingerprint density at radius 1 is 1.59 bits per heavy atom. The predicted octanol–water partition coefficient (Wildman–Crippen LogP) is 0.183. The molecule has 0 bridgehead atoms. The van der Waals surface area contributed by atoms with Crippen LogP contribution in [0.25, 0.3) is 11.3 Å². The zero-order chi connectivity index (χ0) is 15.7. The zero-order valence-electron chi connectivity index (χ0n) is 12.2. The number of H-pyrrole nitrogens is 1. The van der Waals surface area contributed by atoms with Crippen LogP contribution in [0.3, 0.4) is 0 Å². The van der Waals surface area contributed by atoms with Crippen LogP contribution in [0.2, 0.25) is 0 Å². The molecule has 116 valence electrons. The molecule has 2 aromatic rings. The molecule has 1 aliphatic heterocycles. The Balaban J connectivity index is 2.15. The van der Waals surface area contributed by atoms with E-state index in [4.69, 9.17) is 5.73 Å². The summed E-state index contributed by atoms with van der Waals surface area (Å²) in [5.41, 5.74) is 7.24. The molecule has 0 radical (unpaired) electrons. The lowest BCUT2D eigenvalue weighted by Gasteiger charge is -2.21. The Hall–Kier alpha value is -2.61. The first kappa shape index (κ1) is 14.3. The predicted molar refractivity (Wildman–Crippen MR) is 82.7 cm³/mol. The summed E-state index contributed by atoms with van der Waals surface area (Å²) in [5, 5.41) is 19.5. The Labute approximate surface area is 127 Å². The van der Waals surface area contributed by atoms with Gasteiger partial charge in [0.1, 0.15) is 11.6 Å². The van der Waals surface area contributed by atoms with Gasteiger partial charge in [0, 0.05) is 31.9 Å². The molecular formula is C14H18N6O2. The van der Waals surface area contributed by atoms with E-state index >= 15 is 0 Å². The molecule has 1 amide bonds. The average Bonchev–Trinajstić information content (AvgIpc) is 3.17. The lowest BCUT2D eigenvalue weighted by molar-refractivity contribution is 0.100. The number of nitrogens with zero attached hydrogens (tertiary/aromatic N) is 3. The number of anilines is 2. The molecule has 5 N–H and O–H groups in total. The smallest absolute Gasteiger partial charge is 0.252 e. The largest absolute Gasteiger partial charge is 0.391 e. The van der Waals surface area contributed by atoms with Crippen molar-refractivity contribution >= 4 is 17.5 Å². The summed E-state index contributed by atoms with van der Waals surface area (Å²) in [6.45, 7) is 1.21. The average molecular weight is 302 g/mol. The van der Waals surface area contributed by atoms with Crippen molar-refractivity contribution in [2.75, 3.05) is 30.4 Å². The highest BCUT2D eigenvalue weighted by atomic mass is 16.3. The van der Waals surface area contributed by atoms with E-state index in [0.29, 0.717) is 36.7 Å². The van der Waals surface area contributed by atoms with E-state index in [-0.39, 0.29) is 6.10 Å². The minimum Gasteiger partial charge on any atom is -0.391 e. The summed E-state index contributed by atoms with van der Waals surface area (Å²) >= 11 is 0. The zero-order valence-corrected chi connectivity index (χ0v) is 12.2. The summed E-state index contributed by atoms with van der Waals surface area (Å²) in [7, 11) is 1.69. The van der Waals surface area contributed by atoms with Crippen LogP contribution in [0.5, 0.6) is 0 Å². The highest BCUT2D eigenvalue weighted by Crippen LogP contribution is 2.33. The number of primary amides is 1. The summed E-state index contributed by atoms with van der Waals surface area (Å²) in [5.74, 6) is 0.563. The first-order valence-electron chi connectivity index (χ1n) is 7.05. The van der Waals surface area contributed by atoms with E-state index < -0.39 is 5.91 Å². The third-order valence-corrected chi connectivity index (χ3v) is 3.76. The van der Waals surface area contributed by atoms with E-state index in [1.54, 1.807) is 25.4 Å². The lowest BCUT2D eigenvalue weighted by Crippen LogP contribution is -2.24. The minimum atomic E-state index is -0.550. The van der Waals surface area contributed by atoms with E-state index in [2.05, 4.69) is 20.5 Å². The number of nitrogens with two attached hydrogens (primary N) is 1. The van der Waals surface area contributed by atoms with Gasteiger partial charge in [-0.1, -0.05) is 0 Å². The lowest BCUT2D eigenvalue weighted by atomic mass is 10.1. The van der Waals surface area contributed by atoms with Gasteiger partial charge in [0.05, 0.1) is 17.4 Å². The third-order valence-electron chi connectivity index (χ3n) is 3.76. The van der Waals surface area contributed by atoms with Crippen LogP contribution >= 0.6 is 0 Å². The molecule has 1 atom stereocenters. The second kappa shape index (κ2) is 5.64. The molecule has 8 heteroatoms. The van der Waals surface area contributed by atoms with Crippen LogP contribution in [0.1, 0.15) is 16.8 Å². The van der Waals surface area contributed by atoms with Crippen LogP contribution in [0.15, 0.2) is 18.3 Å². The molecule has 2 aromatic heterocycles. The van der Waals surface area contributed by atoms with Crippen molar-refractivity contribution in [3.05, 3.63) is 23.9 Å². The Morgan fingerprint density at radius 2 is 2.41 bits per heavy atom. The van der Waals surface area contributed by atoms with Crippen molar-refractivity contribution in [1.82, 2.24) is 15.2 Å². The van der Waals surface area contributed by atoms with Gasteiger partial charge in [-0.15, -0.1) is 0 Å². The van der Waals surface area contributed by atoms with Crippen molar-refractivity contribution < 1.29 is 9.90 Å². The molecular weight excluding hydrogens is 284 g/mol. The van der Waals surface area contributed by atoms with E-state index in [9.17, 15) is 9.90 Å². The van der Waals surface area contributed by atoms with Crippen LogP contribution in [0.4, 0.5) is 11.6 Å². The number of hydrogen-bond donors (Lipinski definition) is 4. The van der Waals surface area contributed by atoms with Crippen LogP contribution < -0.4 is 16.0 Å². The number of hydrogen-bond acceptors (Lipinski definition) is 6. The highest BCUT2D eigenvalue weighted by Gasteiger charge is 2.26. The fraction of sp³-hybridized carbons (Fsp3) is 0.357. The van der Waals surface area contributed by atoms with Gasteiger partial charge in [-0.05, 0) is 18.6 Å². The quantitative estimate of drug-likeness (QED) is 0.639. The minimum absolute atomic E-state index is 0.315. The molecule has 22 heavy (non-hydrogen) atoms. The van der Waals surface area contributed by atoms with E-state index in [1.807, 2.05) is 4.90 Å². The van der Waals surface area contributed by atoms with Gasteiger partial charge in [-0.3, -0.25) is 9.89 Å². The van der Waals surface area contributed by atoms with Gasteiger partial charge in [0.25, 0.3) is 5.91 Å². The number of β-amino-alcohol motifs (C(OH)–C–C–N with tert-alkyl or cyclic N) is 1. The second-order valence-corrected chi connectivity index (χ2v) is 5.23. The number of aliphatic hydroxyl groups is 1. The maximum absolute atomic E-state index is 11.6. The Morgan fingerprint density at radius 3 is 2.95 bits per heavy atom. The molecule has 3 rings (SSSR count). The molecule has 1 unspecified atom stereocenters. The number of aliphatic hydroxyl groups excluding tert-OH is 1. The highest BCUT2D eigenvalue weighted by molar-refractivity contribution is 6.00. The molecule has 1 saturated heterocycles. The number of carbonyl (C=O) groups is 1. The molecule has 1 fully saturated rings. The van der Waals surface area contributed by atoms with Crippen molar-refractivity contribution in [1.29, 1.82) is 0 Å². The standard InChI is InChI=1S/C14H18N6O2/c1-16-13-10(12(15)22)6-9(11-2-4-17-19-11)14(18-13)20-5-3-8(21)7-20/h2,4,6,8,21H,3,5,7H2,1H3,(H2,15,22)(H,16,18)(H,17,19). The first-order chi connectivity index (χ1) is 10.6. The second-order valence-electron chi connectivity index (χ2n) is 5.23. The Bertz CT molecular complexity index is 685. The number of nitrogens with one attached hydrogen (secondary N) is 2. The third kappa shape index (κ3) is 2.48. The number of amides is 1. The maximum Gasteiger partial charge on any atom is 0.252 e. The summed E-state index contributed by atoms with van der Waals surface area (Å²) < 4.78 is 0. The monoisotopic (exact) mass is 302 g/mol. The number of pyridine rings is 1. The Kier molecular flexibility index (Phi) is 3.68. The summed E-state index contributed by atoms with van der Waals surface area (Å²) in [4.78, 5) is 18.2. The SMILES string of the molecule is CNc1nc(N2CCC(O)C2)c(-c2ccn[nH]2)cc1C(N)=O. The van der Waals surface area contributed by atoms with Crippen molar-refractivity contribution in [2.45, 2.75) is 12.5 Å². The van der Waals surface area contributed by atoms with Gasteiger partial charge in [0.15, 0.2) is 0 Å². The summed E-state index contributed by atoms with van der Waals surface area (Å²) in [6, 6.07) is 3.51. The van der Waals surface area contributed by atoms with Gasteiger partial charge < -0.3 is 21.1 Å². The number of aromatic amines is 1. The van der Waals surface area contributed by atoms with Crippen molar-refractivity contribution in [3.63, 3.8) is 0 Å². The van der Waals surface area contributed by atoms with Crippen LogP contribution in [-0.4, -0.2) is 52.4 Å². The molecule has 0 saturated carbocycles.